The van der Waals surface area contributed by atoms with Crippen molar-refractivity contribution in [3.05, 3.63) is 65.1 Å². The molecule has 0 saturated heterocycles. The molecule has 0 atom stereocenters. The van der Waals surface area contributed by atoms with Crippen molar-refractivity contribution in [2.24, 2.45) is 0 Å². The quantitative estimate of drug-likeness (QED) is 0.799. The van der Waals surface area contributed by atoms with Gasteiger partial charge >= 0.3 is 0 Å². The van der Waals surface area contributed by atoms with Crippen LogP contribution in [0.25, 0.3) is 5.82 Å². The number of anilines is 1. The molecule has 0 unspecified atom stereocenters. The summed E-state index contributed by atoms with van der Waals surface area (Å²) in [5, 5.41) is 7.30. The summed E-state index contributed by atoms with van der Waals surface area (Å²) in [6.07, 6.45) is 2.44. The number of pyridine rings is 1. The van der Waals surface area contributed by atoms with E-state index < -0.39 is 0 Å². The molecule has 1 aliphatic heterocycles. The van der Waals surface area contributed by atoms with Crippen LogP contribution in [-0.4, -0.2) is 27.3 Å². The number of hydrogen-bond acceptors (Lipinski definition) is 4. The number of aryl methyl sites for hydroxylation is 2. The largest absolute Gasteiger partial charge is 0.493 e. The number of nitrogens with zero attached hydrogens (tertiary/aromatic N) is 3. The number of aromatic nitrogens is 3. The SMILES string of the molecule is Cc1cc(C)n(-c2ccc(C(=O)Nc3ccc4c(c3)CCO4)cn2)n1. The monoisotopic (exact) mass is 334 g/mol. The molecular weight excluding hydrogens is 316 g/mol. The van der Waals surface area contributed by atoms with E-state index in [-0.39, 0.29) is 5.91 Å². The molecule has 0 fully saturated rings. The standard InChI is InChI=1S/C19H18N4O2/c1-12-9-13(2)23(22-12)18-6-3-15(11-20-18)19(24)21-16-4-5-17-14(10-16)7-8-25-17/h3-6,9-11H,7-8H2,1-2H3,(H,21,24). The van der Waals surface area contributed by atoms with Gasteiger partial charge in [-0.2, -0.15) is 5.10 Å². The third-order valence-corrected chi connectivity index (χ3v) is 4.18. The lowest BCUT2D eigenvalue weighted by molar-refractivity contribution is 0.102. The Hall–Kier alpha value is -3.15. The van der Waals surface area contributed by atoms with Crippen molar-refractivity contribution in [2.45, 2.75) is 20.3 Å². The minimum Gasteiger partial charge on any atom is -0.493 e. The highest BCUT2D eigenvalue weighted by Crippen LogP contribution is 2.28. The molecule has 25 heavy (non-hydrogen) atoms. The maximum Gasteiger partial charge on any atom is 0.257 e. The smallest absolute Gasteiger partial charge is 0.257 e. The molecule has 1 aromatic carbocycles. The molecule has 3 heterocycles. The van der Waals surface area contributed by atoms with Crippen molar-refractivity contribution in [3.63, 3.8) is 0 Å². The molecule has 0 aliphatic carbocycles. The number of carbonyl (C=O) groups is 1. The Kier molecular flexibility index (Phi) is 3.72. The van der Waals surface area contributed by atoms with Crippen molar-refractivity contribution < 1.29 is 9.53 Å². The van der Waals surface area contributed by atoms with Crippen LogP contribution < -0.4 is 10.1 Å². The molecule has 1 aliphatic rings. The van der Waals surface area contributed by atoms with Gasteiger partial charge < -0.3 is 10.1 Å². The minimum absolute atomic E-state index is 0.189. The summed E-state index contributed by atoms with van der Waals surface area (Å²) < 4.78 is 7.24. The highest BCUT2D eigenvalue weighted by molar-refractivity contribution is 6.04. The molecule has 6 nitrogen and oxygen atoms in total. The molecule has 0 saturated carbocycles. The summed E-state index contributed by atoms with van der Waals surface area (Å²) in [4.78, 5) is 16.8. The van der Waals surface area contributed by atoms with Crippen LogP contribution in [0.3, 0.4) is 0 Å². The predicted molar refractivity (Wildman–Crippen MR) is 94.4 cm³/mol. The second-order valence-corrected chi connectivity index (χ2v) is 6.12. The first kappa shape index (κ1) is 15.4. The summed E-state index contributed by atoms with van der Waals surface area (Å²) in [7, 11) is 0. The second-order valence-electron chi connectivity index (χ2n) is 6.12. The van der Waals surface area contributed by atoms with Crippen molar-refractivity contribution in [1.29, 1.82) is 0 Å². The topological polar surface area (TPSA) is 69.0 Å². The summed E-state index contributed by atoms with van der Waals surface area (Å²) >= 11 is 0. The summed E-state index contributed by atoms with van der Waals surface area (Å²) in [5.41, 5.74) is 4.32. The highest BCUT2D eigenvalue weighted by Gasteiger charge is 2.14. The van der Waals surface area contributed by atoms with E-state index in [4.69, 9.17) is 4.74 Å². The summed E-state index contributed by atoms with van der Waals surface area (Å²) in [5.74, 6) is 1.40. The highest BCUT2D eigenvalue weighted by atomic mass is 16.5. The second kappa shape index (κ2) is 6.05. The Labute approximate surface area is 145 Å². The zero-order valence-corrected chi connectivity index (χ0v) is 14.1. The van der Waals surface area contributed by atoms with Crippen LogP contribution in [0.2, 0.25) is 0 Å². The fourth-order valence-corrected chi connectivity index (χ4v) is 2.97. The van der Waals surface area contributed by atoms with E-state index >= 15 is 0 Å². The van der Waals surface area contributed by atoms with Crippen molar-refractivity contribution in [2.75, 3.05) is 11.9 Å². The van der Waals surface area contributed by atoms with Crippen LogP contribution in [0.5, 0.6) is 5.75 Å². The van der Waals surface area contributed by atoms with Gasteiger partial charge in [-0.25, -0.2) is 9.67 Å². The van der Waals surface area contributed by atoms with Crippen LogP contribution in [0.1, 0.15) is 27.3 Å². The van der Waals surface area contributed by atoms with E-state index in [0.717, 1.165) is 34.8 Å². The van der Waals surface area contributed by atoms with Gasteiger partial charge in [0.2, 0.25) is 0 Å². The molecule has 126 valence electrons. The Balaban J connectivity index is 1.52. The number of nitrogens with one attached hydrogen (secondary N) is 1. The lowest BCUT2D eigenvalue weighted by Crippen LogP contribution is -2.13. The van der Waals surface area contributed by atoms with Gasteiger partial charge in [-0.05, 0) is 55.8 Å². The predicted octanol–water partition coefficient (Wildman–Crippen LogP) is 3.07. The van der Waals surface area contributed by atoms with Gasteiger partial charge in [-0.15, -0.1) is 0 Å². The van der Waals surface area contributed by atoms with E-state index in [1.807, 2.05) is 38.1 Å². The number of hydrogen-bond donors (Lipinski definition) is 1. The molecule has 6 heteroatoms. The van der Waals surface area contributed by atoms with Crippen molar-refractivity contribution in [3.8, 4) is 11.6 Å². The average Bonchev–Trinajstić information content (AvgIpc) is 3.20. The molecule has 4 rings (SSSR count). The summed E-state index contributed by atoms with van der Waals surface area (Å²) in [6.45, 7) is 4.61. The maximum atomic E-state index is 12.4. The third kappa shape index (κ3) is 2.98. The first-order valence-electron chi connectivity index (χ1n) is 8.17. The van der Waals surface area contributed by atoms with E-state index in [0.29, 0.717) is 18.0 Å². The number of benzene rings is 1. The van der Waals surface area contributed by atoms with E-state index in [1.165, 1.54) is 0 Å². The number of carbonyl (C=O) groups excluding carboxylic acids is 1. The van der Waals surface area contributed by atoms with Gasteiger partial charge in [0.15, 0.2) is 5.82 Å². The first-order chi connectivity index (χ1) is 12.1. The first-order valence-corrected chi connectivity index (χ1v) is 8.17. The number of ether oxygens (including phenoxy) is 1. The van der Waals surface area contributed by atoms with Gasteiger partial charge in [-0.3, -0.25) is 4.79 Å². The van der Waals surface area contributed by atoms with Gasteiger partial charge in [0.25, 0.3) is 5.91 Å². The van der Waals surface area contributed by atoms with Crippen molar-refractivity contribution in [1.82, 2.24) is 14.8 Å². The molecule has 0 bridgehead atoms. The Morgan fingerprint density at radius 3 is 2.80 bits per heavy atom. The third-order valence-electron chi connectivity index (χ3n) is 4.18. The van der Waals surface area contributed by atoms with E-state index in [9.17, 15) is 4.79 Å². The fraction of sp³-hybridized carbons (Fsp3) is 0.211. The average molecular weight is 334 g/mol. The lowest BCUT2D eigenvalue weighted by Gasteiger charge is -2.08. The minimum atomic E-state index is -0.189. The van der Waals surface area contributed by atoms with Crippen LogP contribution in [0.15, 0.2) is 42.6 Å². The zero-order valence-electron chi connectivity index (χ0n) is 14.1. The van der Waals surface area contributed by atoms with Gasteiger partial charge in [0.1, 0.15) is 5.75 Å². The number of rotatable bonds is 3. The molecule has 1 amide bonds. The van der Waals surface area contributed by atoms with Crippen molar-refractivity contribution >= 4 is 11.6 Å². The van der Waals surface area contributed by atoms with E-state index in [2.05, 4.69) is 15.4 Å². The van der Waals surface area contributed by atoms with Crippen LogP contribution >= 0.6 is 0 Å². The van der Waals surface area contributed by atoms with Crippen LogP contribution in [-0.2, 0) is 6.42 Å². The Bertz CT molecular complexity index is 945. The van der Waals surface area contributed by atoms with E-state index in [1.54, 1.807) is 23.0 Å². The molecule has 0 spiro atoms. The molecule has 1 N–H and O–H groups in total. The summed E-state index contributed by atoms with van der Waals surface area (Å²) in [6, 6.07) is 11.2. The van der Waals surface area contributed by atoms with Gasteiger partial charge in [-0.1, -0.05) is 0 Å². The number of fused-ring (bicyclic) bond motifs is 1. The molecular formula is C19H18N4O2. The Morgan fingerprint density at radius 2 is 2.08 bits per heavy atom. The zero-order chi connectivity index (χ0) is 17.4. The van der Waals surface area contributed by atoms with Crippen LogP contribution in [0, 0.1) is 13.8 Å². The number of amides is 1. The molecule has 2 aromatic heterocycles. The fourth-order valence-electron chi connectivity index (χ4n) is 2.97. The van der Waals surface area contributed by atoms with Gasteiger partial charge in [0, 0.05) is 24.0 Å². The maximum absolute atomic E-state index is 12.4. The normalized spacial score (nSPS) is 12.6. The Morgan fingerprint density at radius 1 is 1.20 bits per heavy atom. The molecule has 3 aromatic rings. The van der Waals surface area contributed by atoms with Crippen LogP contribution in [0.4, 0.5) is 5.69 Å². The van der Waals surface area contributed by atoms with Gasteiger partial charge in [0.05, 0.1) is 17.9 Å². The molecule has 0 radical (unpaired) electrons. The lowest BCUT2D eigenvalue weighted by atomic mass is 10.1.